The van der Waals surface area contributed by atoms with Crippen LogP contribution in [0.15, 0.2) is 18.3 Å². The molecule has 0 spiro atoms. The third kappa shape index (κ3) is 4.28. The van der Waals surface area contributed by atoms with E-state index in [4.69, 9.17) is 10.5 Å². The molecule has 2 heterocycles. The number of amides is 1. The third-order valence-corrected chi connectivity index (χ3v) is 3.39. The van der Waals surface area contributed by atoms with Crippen molar-refractivity contribution < 1.29 is 9.53 Å². The van der Waals surface area contributed by atoms with Gasteiger partial charge in [0.05, 0.1) is 12.6 Å². The summed E-state index contributed by atoms with van der Waals surface area (Å²) < 4.78 is 5.62. The van der Waals surface area contributed by atoms with Crippen molar-refractivity contribution in [1.29, 1.82) is 0 Å². The van der Waals surface area contributed by atoms with E-state index in [0.717, 1.165) is 24.9 Å². The monoisotopic (exact) mass is 287 g/mol. The van der Waals surface area contributed by atoms with Gasteiger partial charge < -0.3 is 15.4 Å². The normalized spacial score (nSPS) is 18.0. The number of pyridine rings is 1. The summed E-state index contributed by atoms with van der Waals surface area (Å²) >= 11 is 0. The van der Waals surface area contributed by atoms with Gasteiger partial charge in [-0.25, -0.2) is 4.98 Å². The first kappa shape index (κ1) is 15.5. The van der Waals surface area contributed by atoms with Gasteiger partial charge in [0.15, 0.2) is 0 Å². The van der Waals surface area contributed by atoms with E-state index in [1.165, 1.54) is 0 Å². The van der Waals surface area contributed by atoms with E-state index in [0.29, 0.717) is 25.4 Å². The number of hydrogen-bond donors (Lipinski definition) is 1. The van der Waals surface area contributed by atoms with Gasteiger partial charge in [-0.15, -0.1) is 0 Å². The van der Waals surface area contributed by atoms with Crippen LogP contribution in [0.3, 0.4) is 0 Å². The Bertz CT molecular complexity index is 529. The minimum Gasteiger partial charge on any atom is -0.377 e. The van der Waals surface area contributed by atoms with Crippen molar-refractivity contribution in [2.45, 2.75) is 25.9 Å². The van der Waals surface area contributed by atoms with Crippen LogP contribution in [-0.4, -0.2) is 48.1 Å². The van der Waals surface area contributed by atoms with Gasteiger partial charge in [-0.05, 0) is 31.9 Å². The predicted octanol–water partition coefficient (Wildman–Crippen LogP) is 1.03. The van der Waals surface area contributed by atoms with Crippen LogP contribution in [0.1, 0.15) is 35.8 Å². The molecule has 21 heavy (non-hydrogen) atoms. The minimum absolute atomic E-state index is 0.0438. The summed E-state index contributed by atoms with van der Waals surface area (Å²) in [7, 11) is 0. The highest BCUT2D eigenvalue weighted by atomic mass is 16.5. The van der Waals surface area contributed by atoms with Crippen molar-refractivity contribution in [2.75, 3.05) is 26.2 Å². The van der Waals surface area contributed by atoms with Crippen LogP contribution in [0.25, 0.3) is 0 Å². The molecule has 1 aromatic rings. The van der Waals surface area contributed by atoms with E-state index in [1.807, 2.05) is 11.8 Å². The van der Waals surface area contributed by atoms with Crippen LogP contribution >= 0.6 is 0 Å². The molecule has 0 aliphatic carbocycles. The Kier molecular flexibility index (Phi) is 5.73. The Balaban J connectivity index is 2.02. The molecular formula is C16H21N3O2. The Morgan fingerprint density at radius 1 is 1.57 bits per heavy atom. The fourth-order valence-electron chi connectivity index (χ4n) is 2.40. The summed E-state index contributed by atoms with van der Waals surface area (Å²) in [5.74, 6) is 5.61. The smallest absolute Gasteiger partial charge is 0.272 e. The first-order valence-electron chi connectivity index (χ1n) is 7.30. The molecule has 1 unspecified atom stereocenters. The molecule has 2 rings (SSSR count). The second kappa shape index (κ2) is 7.77. The van der Waals surface area contributed by atoms with Crippen LogP contribution in [0.2, 0.25) is 0 Å². The van der Waals surface area contributed by atoms with Crippen molar-refractivity contribution in [3.8, 4) is 11.8 Å². The van der Waals surface area contributed by atoms with Gasteiger partial charge in [0, 0.05) is 31.5 Å². The zero-order valence-electron chi connectivity index (χ0n) is 12.3. The Hall–Kier alpha value is -1.90. The van der Waals surface area contributed by atoms with E-state index in [1.54, 1.807) is 18.3 Å². The van der Waals surface area contributed by atoms with E-state index in [9.17, 15) is 4.79 Å². The van der Waals surface area contributed by atoms with Crippen molar-refractivity contribution in [3.05, 3.63) is 29.6 Å². The van der Waals surface area contributed by atoms with Crippen molar-refractivity contribution >= 4 is 5.91 Å². The Labute approximate surface area is 125 Å². The molecule has 0 saturated carbocycles. The van der Waals surface area contributed by atoms with Crippen LogP contribution < -0.4 is 5.73 Å². The average molecular weight is 287 g/mol. The molecule has 112 valence electrons. The number of likely N-dealkylation sites (tertiary alicyclic amines) is 1. The van der Waals surface area contributed by atoms with Gasteiger partial charge in [-0.3, -0.25) is 4.79 Å². The standard InChI is InChI=1S/C16H21N3O2/c1-2-21-14-6-4-10-19(12-14)16(20)15-8-7-13(11-18-15)5-3-9-17/h7-8,11,14H,2,4,6,9-10,12,17H2,1H3. The molecule has 1 amide bonds. The van der Waals surface area contributed by atoms with E-state index < -0.39 is 0 Å². The minimum atomic E-state index is -0.0438. The Morgan fingerprint density at radius 2 is 2.43 bits per heavy atom. The van der Waals surface area contributed by atoms with Gasteiger partial charge in [0.1, 0.15) is 5.69 Å². The van der Waals surface area contributed by atoms with Crippen LogP contribution in [0, 0.1) is 11.8 Å². The molecule has 1 saturated heterocycles. The predicted molar refractivity (Wildman–Crippen MR) is 80.7 cm³/mol. The highest BCUT2D eigenvalue weighted by Crippen LogP contribution is 2.15. The molecule has 5 heteroatoms. The lowest BCUT2D eigenvalue weighted by atomic mass is 10.1. The summed E-state index contributed by atoms with van der Waals surface area (Å²) in [6.45, 7) is 4.37. The first-order valence-corrected chi connectivity index (χ1v) is 7.30. The number of nitrogens with zero attached hydrogens (tertiary/aromatic N) is 2. The summed E-state index contributed by atoms with van der Waals surface area (Å²) in [6.07, 6.45) is 3.73. The first-order chi connectivity index (χ1) is 10.2. The third-order valence-electron chi connectivity index (χ3n) is 3.39. The number of rotatable bonds is 3. The van der Waals surface area contributed by atoms with Crippen molar-refractivity contribution in [3.63, 3.8) is 0 Å². The number of hydrogen-bond acceptors (Lipinski definition) is 4. The molecule has 0 bridgehead atoms. The largest absolute Gasteiger partial charge is 0.377 e. The number of ether oxygens (including phenoxy) is 1. The van der Waals surface area contributed by atoms with Gasteiger partial charge in [0.2, 0.25) is 0 Å². The topological polar surface area (TPSA) is 68.5 Å². The molecule has 0 aromatic carbocycles. The zero-order chi connectivity index (χ0) is 15.1. The number of aromatic nitrogens is 1. The average Bonchev–Trinajstić information content (AvgIpc) is 2.53. The van der Waals surface area contributed by atoms with Crippen molar-refractivity contribution in [1.82, 2.24) is 9.88 Å². The lowest BCUT2D eigenvalue weighted by Crippen LogP contribution is -2.43. The maximum Gasteiger partial charge on any atom is 0.272 e. The highest BCUT2D eigenvalue weighted by Gasteiger charge is 2.25. The summed E-state index contributed by atoms with van der Waals surface area (Å²) in [4.78, 5) is 18.4. The highest BCUT2D eigenvalue weighted by molar-refractivity contribution is 5.92. The van der Waals surface area contributed by atoms with Gasteiger partial charge in [-0.2, -0.15) is 0 Å². The molecule has 1 aliphatic rings. The van der Waals surface area contributed by atoms with Crippen LogP contribution in [0.4, 0.5) is 0 Å². The number of nitrogens with two attached hydrogens (primary N) is 1. The maximum atomic E-state index is 12.4. The molecule has 1 atom stereocenters. The molecule has 2 N–H and O–H groups in total. The summed E-state index contributed by atoms with van der Waals surface area (Å²) in [5, 5.41) is 0. The quantitative estimate of drug-likeness (QED) is 0.843. The lowest BCUT2D eigenvalue weighted by Gasteiger charge is -2.32. The summed E-state index contributed by atoms with van der Waals surface area (Å²) in [5.41, 5.74) is 6.54. The molecule has 1 aliphatic heterocycles. The molecule has 1 fully saturated rings. The number of carbonyl (C=O) groups is 1. The number of piperidine rings is 1. The molecule has 0 radical (unpaired) electrons. The number of carbonyl (C=O) groups excluding carboxylic acids is 1. The zero-order valence-corrected chi connectivity index (χ0v) is 12.3. The van der Waals surface area contributed by atoms with E-state index in [-0.39, 0.29) is 12.0 Å². The second-order valence-electron chi connectivity index (χ2n) is 4.91. The molecule has 5 nitrogen and oxygen atoms in total. The second-order valence-corrected chi connectivity index (χ2v) is 4.91. The Morgan fingerprint density at radius 3 is 3.10 bits per heavy atom. The fraction of sp³-hybridized carbons (Fsp3) is 0.500. The van der Waals surface area contributed by atoms with Crippen LogP contribution in [-0.2, 0) is 4.74 Å². The van der Waals surface area contributed by atoms with Gasteiger partial charge in [-0.1, -0.05) is 11.8 Å². The SMILES string of the molecule is CCOC1CCCN(C(=O)c2ccc(C#CCN)cn2)C1. The maximum absolute atomic E-state index is 12.4. The van der Waals surface area contributed by atoms with Crippen molar-refractivity contribution in [2.24, 2.45) is 5.73 Å². The van der Waals surface area contributed by atoms with E-state index in [2.05, 4.69) is 16.8 Å². The van der Waals surface area contributed by atoms with Gasteiger partial charge in [0.25, 0.3) is 5.91 Å². The fourth-order valence-corrected chi connectivity index (χ4v) is 2.40. The van der Waals surface area contributed by atoms with Gasteiger partial charge >= 0.3 is 0 Å². The summed E-state index contributed by atoms with van der Waals surface area (Å²) in [6, 6.07) is 3.51. The molecular weight excluding hydrogens is 266 g/mol. The van der Waals surface area contributed by atoms with E-state index >= 15 is 0 Å². The lowest BCUT2D eigenvalue weighted by molar-refractivity contribution is 0.00703. The molecule has 1 aromatic heterocycles. The van der Waals surface area contributed by atoms with Crippen LogP contribution in [0.5, 0.6) is 0 Å².